The Morgan fingerprint density at radius 2 is 2.00 bits per heavy atom. The molecule has 0 amide bonds. The summed E-state index contributed by atoms with van der Waals surface area (Å²) in [5.74, 6) is 1.86. The second kappa shape index (κ2) is 7.32. The van der Waals surface area contributed by atoms with E-state index >= 15 is 0 Å². The minimum absolute atomic E-state index is 0.872. The van der Waals surface area contributed by atoms with E-state index in [0.717, 1.165) is 17.9 Å². The van der Waals surface area contributed by atoms with E-state index in [1.807, 2.05) is 0 Å². The fourth-order valence-electron chi connectivity index (χ4n) is 3.14. The van der Waals surface area contributed by atoms with Gasteiger partial charge >= 0.3 is 0 Å². The molecular weight excluding hydrogens is 194 g/mol. The molecule has 0 spiro atoms. The van der Waals surface area contributed by atoms with Crippen LogP contribution in [0, 0.1) is 11.8 Å². The van der Waals surface area contributed by atoms with E-state index in [1.54, 1.807) is 0 Å². The lowest BCUT2D eigenvalue weighted by Gasteiger charge is -2.27. The molecular formula is C15H31N. The molecule has 1 heteroatoms. The van der Waals surface area contributed by atoms with E-state index in [2.05, 4.69) is 32.6 Å². The molecule has 1 aliphatic heterocycles. The highest BCUT2D eigenvalue weighted by Gasteiger charge is 2.27. The van der Waals surface area contributed by atoms with Gasteiger partial charge in [0.05, 0.1) is 0 Å². The van der Waals surface area contributed by atoms with Crippen molar-refractivity contribution in [1.82, 2.24) is 4.90 Å². The zero-order valence-electron chi connectivity index (χ0n) is 11.8. The summed E-state index contributed by atoms with van der Waals surface area (Å²) >= 11 is 0. The van der Waals surface area contributed by atoms with Crippen molar-refractivity contribution in [3.8, 4) is 0 Å². The van der Waals surface area contributed by atoms with Crippen LogP contribution in [0.4, 0.5) is 0 Å². The average molecular weight is 225 g/mol. The number of likely N-dealkylation sites (tertiary alicyclic amines) is 1. The summed E-state index contributed by atoms with van der Waals surface area (Å²) in [5.41, 5.74) is 0. The third-order valence-corrected chi connectivity index (χ3v) is 4.00. The van der Waals surface area contributed by atoms with Gasteiger partial charge in [0.2, 0.25) is 0 Å². The van der Waals surface area contributed by atoms with E-state index in [4.69, 9.17) is 0 Å². The Bertz CT molecular complexity index is 176. The highest BCUT2D eigenvalue weighted by atomic mass is 15.2. The number of nitrogens with zero attached hydrogens (tertiary/aromatic N) is 1. The van der Waals surface area contributed by atoms with Crippen LogP contribution >= 0.6 is 0 Å². The van der Waals surface area contributed by atoms with E-state index < -0.39 is 0 Å². The van der Waals surface area contributed by atoms with Crippen LogP contribution in [-0.2, 0) is 0 Å². The fourth-order valence-corrected chi connectivity index (χ4v) is 3.14. The van der Waals surface area contributed by atoms with Crippen LogP contribution in [0.15, 0.2) is 0 Å². The van der Waals surface area contributed by atoms with Crippen LogP contribution in [0.3, 0.4) is 0 Å². The standard InChI is InChI=1S/C15H31N/c1-5-7-8-15(6-2)16-10-9-14(12-16)11-13(3)4/h13-15H,5-12H2,1-4H3. The van der Waals surface area contributed by atoms with Gasteiger partial charge in [-0.25, -0.2) is 0 Å². The maximum atomic E-state index is 2.77. The first-order valence-corrected chi connectivity index (χ1v) is 7.41. The highest BCUT2D eigenvalue weighted by molar-refractivity contribution is 4.81. The summed E-state index contributed by atoms with van der Waals surface area (Å²) in [6, 6.07) is 0.872. The van der Waals surface area contributed by atoms with Gasteiger partial charge in [-0.15, -0.1) is 0 Å². The van der Waals surface area contributed by atoms with Crippen LogP contribution in [0.5, 0.6) is 0 Å². The van der Waals surface area contributed by atoms with Gasteiger partial charge in [-0.2, -0.15) is 0 Å². The highest BCUT2D eigenvalue weighted by Crippen LogP contribution is 2.27. The van der Waals surface area contributed by atoms with E-state index in [0.29, 0.717) is 0 Å². The Morgan fingerprint density at radius 1 is 1.25 bits per heavy atom. The van der Waals surface area contributed by atoms with E-state index in [-0.39, 0.29) is 0 Å². The van der Waals surface area contributed by atoms with E-state index in [1.165, 1.54) is 51.6 Å². The number of hydrogen-bond donors (Lipinski definition) is 0. The Labute approximate surface area is 103 Å². The van der Waals surface area contributed by atoms with Gasteiger partial charge < -0.3 is 4.90 Å². The number of unbranched alkanes of at least 4 members (excludes halogenated alkanes) is 1. The molecule has 2 unspecified atom stereocenters. The Morgan fingerprint density at radius 3 is 2.56 bits per heavy atom. The van der Waals surface area contributed by atoms with Crippen LogP contribution in [0.1, 0.15) is 66.2 Å². The van der Waals surface area contributed by atoms with Crippen LogP contribution < -0.4 is 0 Å². The monoisotopic (exact) mass is 225 g/mol. The zero-order chi connectivity index (χ0) is 12.0. The van der Waals surface area contributed by atoms with Gasteiger partial charge in [0.1, 0.15) is 0 Å². The van der Waals surface area contributed by atoms with Gasteiger partial charge in [0.25, 0.3) is 0 Å². The van der Waals surface area contributed by atoms with Crippen molar-refractivity contribution in [2.75, 3.05) is 13.1 Å². The topological polar surface area (TPSA) is 3.24 Å². The summed E-state index contributed by atoms with van der Waals surface area (Å²) in [4.78, 5) is 2.77. The molecule has 0 saturated carbocycles. The molecule has 1 heterocycles. The maximum Gasteiger partial charge on any atom is 0.00927 e. The molecule has 1 rings (SSSR count). The molecule has 1 aliphatic rings. The molecule has 1 saturated heterocycles. The molecule has 1 fully saturated rings. The summed E-state index contributed by atoms with van der Waals surface area (Å²) < 4.78 is 0. The SMILES string of the molecule is CCCCC(CC)N1CCC(CC(C)C)C1. The molecule has 0 aromatic rings. The lowest BCUT2D eigenvalue weighted by atomic mass is 9.96. The van der Waals surface area contributed by atoms with E-state index in [9.17, 15) is 0 Å². The predicted octanol–water partition coefficient (Wildman–Crippen LogP) is 4.32. The van der Waals surface area contributed by atoms with Crippen LogP contribution in [0.25, 0.3) is 0 Å². The second-order valence-electron chi connectivity index (χ2n) is 5.98. The van der Waals surface area contributed by atoms with Gasteiger partial charge in [-0.3, -0.25) is 0 Å². The maximum absolute atomic E-state index is 2.77. The van der Waals surface area contributed by atoms with Gasteiger partial charge in [0, 0.05) is 12.6 Å². The predicted molar refractivity (Wildman–Crippen MR) is 72.7 cm³/mol. The largest absolute Gasteiger partial charge is 0.300 e. The van der Waals surface area contributed by atoms with Crippen LogP contribution in [0.2, 0.25) is 0 Å². The first-order chi connectivity index (χ1) is 7.67. The van der Waals surface area contributed by atoms with Crippen molar-refractivity contribution in [3.63, 3.8) is 0 Å². The van der Waals surface area contributed by atoms with Crippen molar-refractivity contribution in [2.45, 2.75) is 72.3 Å². The molecule has 1 nitrogen and oxygen atoms in total. The summed E-state index contributed by atoms with van der Waals surface area (Å²) in [7, 11) is 0. The van der Waals surface area contributed by atoms with Crippen molar-refractivity contribution in [2.24, 2.45) is 11.8 Å². The first kappa shape index (κ1) is 14.0. The summed E-state index contributed by atoms with van der Waals surface area (Å²) in [6.45, 7) is 12.1. The number of hydrogen-bond acceptors (Lipinski definition) is 1. The minimum Gasteiger partial charge on any atom is -0.300 e. The third kappa shape index (κ3) is 4.45. The van der Waals surface area contributed by atoms with Gasteiger partial charge in [-0.05, 0) is 44.1 Å². The molecule has 2 atom stereocenters. The van der Waals surface area contributed by atoms with Crippen molar-refractivity contribution in [3.05, 3.63) is 0 Å². The van der Waals surface area contributed by atoms with Crippen molar-refractivity contribution < 1.29 is 0 Å². The quantitative estimate of drug-likeness (QED) is 0.623. The smallest absolute Gasteiger partial charge is 0.00927 e. The lowest BCUT2D eigenvalue weighted by Crippen LogP contribution is -2.33. The molecule has 0 N–H and O–H groups in total. The summed E-state index contributed by atoms with van der Waals surface area (Å²) in [6.07, 6.45) is 8.39. The Kier molecular flexibility index (Phi) is 6.41. The molecule has 0 aliphatic carbocycles. The van der Waals surface area contributed by atoms with Crippen molar-refractivity contribution in [1.29, 1.82) is 0 Å². The Hall–Kier alpha value is -0.0400. The third-order valence-electron chi connectivity index (χ3n) is 4.00. The molecule has 16 heavy (non-hydrogen) atoms. The Balaban J connectivity index is 2.31. The summed E-state index contributed by atoms with van der Waals surface area (Å²) in [5, 5.41) is 0. The van der Waals surface area contributed by atoms with Gasteiger partial charge in [0.15, 0.2) is 0 Å². The average Bonchev–Trinajstić information content (AvgIpc) is 2.67. The first-order valence-electron chi connectivity index (χ1n) is 7.41. The fraction of sp³-hybridized carbons (Fsp3) is 1.00. The van der Waals surface area contributed by atoms with Crippen molar-refractivity contribution >= 4 is 0 Å². The molecule has 0 bridgehead atoms. The molecule has 96 valence electrons. The molecule has 0 radical (unpaired) electrons. The van der Waals surface area contributed by atoms with Gasteiger partial charge in [-0.1, -0.05) is 40.5 Å². The normalized spacial score (nSPS) is 24.2. The van der Waals surface area contributed by atoms with Crippen LogP contribution in [-0.4, -0.2) is 24.0 Å². The molecule has 0 aromatic heterocycles. The zero-order valence-corrected chi connectivity index (χ0v) is 11.8. The lowest BCUT2D eigenvalue weighted by molar-refractivity contribution is 0.209. The number of rotatable bonds is 7. The second-order valence-corrected chi connectivity index (χ2v) is 5.98. The molecule has 0 aromatic carbocycles. The minimum atomic E-state index is 0.872.